The van der Waals surface area contributed by atoms with E-state index in [1.807, 2.05) is 32.0 Å². The topological polar surface area (TPSA) is 84.2 Å². The summed E-state index contributed by atoms with van der Waals surface area (Å²) < 4.78 is 5.31. The second-order valence-corrected chi connectivity index (χ2v) is 6.09. The van der Waals surface area contributed by atoms with E-state index in [4.69, 9.17) is 4.52 Å². The molecule has 6 nitrogen and oxygen atoms in total. The third kappa shape index (κ3) is 3.97. The molecule has 0 fully saturated rings. The molecular formula is C20H19N3O3. The standard InChI is InChI=1S/C20H19N3O3/c1-12-4-5-15(10-13(12)2)19-11-18(23-26-19)20(25)22-17-8-6-16(7-9-17)21-14(3)24/h4-11H,1-3H3,(H,21,24)(H,22,25). The second kappa shape index (κ2) is 7.23. The number of hydrogen-bond acceptors (Lipinski definition) is 4. The summed E-state index contributed by atoms with van der Waals surface area (Å²) in [5.74, 6) is 0.0265. The fraction of sp³-hybridized carbons (Fsp3) is 0.150. The summed E-state index contributed by atoms with van der Waals surface area (Å²) in [5, 5.41) is 9.27. The summed E-state index contributed by atoms with van der Waals surface area (Å²) in [5.41, 5.74) is 4.66. The lowest BCUT2D eigenvalue weighted by molar-refractivity contribution is -0.114. The lowest BCUT2D eigenvalue weighted by atomic mass is 10.0. The normalized spacial score (nSPS) is 10.4. The molecule has 0 aliphatic heterocycles. The summed E-state index contributed by atoms with van der Waals surface area (Å²) in [6, 6.07) is 14.4. The van der Waals surface area contributed by atoms with Gasteiger partial charge in [0.05, 0.1) is 0 Å². The molecule has 0 aliphatic rings. The highest BCUT2D eigenvalue weighted by molar-refractivity contribution is 6.03. The number of benzene rings is 2. The minimum atomic E-state index is -0.365. The molecule has 0 unspecified atom stereocenters. The molecule has 0 atom stereocenters. The van der Waals surface area contributed by atoms with Gasteiger partial charge in [-0.3, -0.25) is 9.59 Å². The summed E-state index contributed by atoms with van der Waals surface area (Å²) in [4.78, 5) is 23.4. The van der Waals surface area contributed by atoms with Gasteiger partial charge in [0, 0.05) is 29.9 Å². The Kier molecular flexibility index (Phi) is 4.84. The molecule has 132 valence electrons. The molecule has 0 radical (unpaired) electrons. The summed E-state index contributed by atoms with van der Waals surface area (Å²) in [6.07, 6.45) is 0. The zero-order valence-electron chi connectivity index (χ0n) is 14.8. The molecule has 3 aromatic rings. The first-order chi connectivity index (χ1) is 12.4. The fourth-order valence-corrected chi connectivity index (χ4v) is 2.45. The second-order valence-electron chi connectivity index (χ2n) is 6.09. The Labute approximate surface area is 151 Å². The van der Waals surface area contributed by atoms with Crippen molar-refractivity contribution >= 4 is 23.2 Å². The molecule has 26 heavy (non-hydrogen) atoms. The average molecular weight is 349 g/mol. The van der Waals surface area contributed by atoms with Crippen molar-refractivity contribution < 1.29 is 14.1 Å². The van der Waals surface area contributed by atoms with Crippen molar-refractivity contribution in [1.29, 1.82) is 0 Å². The van der Waals surface area contributed by atoms with Crippen molar-refractivity contribution in [3.63, 3.8) is 0 Å². The summed E-state index contributed by atoms with van der Waals surface area (Å²) >= 11 is 0. The van der Waals surface area contributed by atoms with Gasteiger partial charge in [-0.25, -0.2) is 0 Å². The molecular weight excluding hydrogens is 330 g/mol. The first-order valence-electron chi connectivity index (χ1n) is 8.16. The predicted molar refractivity (Wildman–Crippen MR) is 100 cm³/mol. The van der Waals surface area contributed by atoms with Crippen LogP contribution in [0.3, 0.4) is 0 Å². The van der Waals surface area contributed by atoms with Gasteiger partial charge in [0.2, 0.25) is 5.91 Å². The summed E-state index contributed by atoms with van der Waals surface area (Å²) in [6.45, 7) is 5.50. The number of carbonyl (C=O) groups is 2. The third-order valence-electron chi connectivity index (χ3n) is 4.00. The van der Waals surface area contributed by atoms with Gasteiger partial charge in [-0.1, -0.05) is 17.3 Å². The highest BCUT2D eigenvalue weighted by Crippen LogP contribution is 2.23. The molecule has 2 N–H and O–H groups in total. The molecule has 6 heteroatoms. The largest absolute Gasteiger partial charge is 0.355 e. The van der Waals surface area contributed by atoms with Crippen molar-refractivity contribution in [2.45, 2.75) is 20.8 Å². The lowest BCUT2D eigenvalue weighted by Crippen LogP contribution is -2.12. The van der Waals surface area contributed by atoms with E-state index in [1.54, 1.807) is 30.3 Å². The number of nitrogens with one attached hydrogen (secondary N) is 2. The van der Waals surface area contributed by atoms with E-state index in [-0.39, 0.29) is 17.5 Å². The van der Waals surface area contributed by atoms with E-state index in [1.165, 1.54) is 12.5 Å². The van der Waals surface area contributed by atoms with Crippen LogP contribution in [0.2, 0.25) is 0 Å². The zero-order chi connectivity index (χ0) is 18.7. The van der Waals surface area contributed by atoms with Gasteiger partial charge in [-0.2, -0.15) is 0 Å². The van der Waals surface area contributed by atoms with Crippen LogP contribution in [0.5, 0.6) is 0 Å². The van der Waals surface area contributed by atoms with E-state index in [0.29, 0.717) is 17.1 Å². The SMILES string of the molecule is CC(=O)Nc1ccc(NC(=O)c2cc(-c3ccc(C)c(C)c3)on2)cc1. The molecule has 3 rings (SSSR count). The number of hydrogen-bond donors (Lipinski definition) is 2. The van der Waals surface area contributed by atoms with Crippen LogP contribution in [0, 0.1) is 13.8 Å². The molecule has 0 spiro atoms. The Bertz CT molecular complexity index is 959. The van der Waals surface area contributed by atoms with E-state index < -0.39 is 0 Å². The third-order valence-corrected chi connectivity index (χ3v) is 4.00. The molecule has 0 saturated heterocycles. The first kappa shape index (κ1) is 17.4. The number of amides is 2. The molecule has 0 aliphatic carbocycles. The van der Waals surface area contributed by atoms with Crippen LogP contribution in [-0.2, 0) is 4.79 Å². The smallest absolute Gasteiger partial charge is 0.277 e. The number of aromatic nitrogens is 1. The van der Waals surface area contributed by atoms with Crippen LogP contribution in [0.25, 0.3) is 11.3 Å². The summed E-state index contributed by atoms with van der Waals surface area (Å²) in [7, 11) is 0. The fourth-order valence-electron chi connectivity index (χ4n) is 2.45. The van der Waals surface area contributed by atoms with Crippen LogP contribution in [-0.4, -0.2) is 17.0 Å². The maximum absolute atomic E-state index is 12.3. The van der Waals surface area contributed by atoms with E-state index in [0.717, 1.165) is 11.1 Å². The molecule has 1 heterocycles. The van der Waals surface area contributed by atoms with Gasteiger partial charge in [0.1, 0.15) is 0 Å². The van der Waals surface area contributed by atoms with E-state index in [9.17, 15) is 9.59 Å². The highest BCUT2D eigenvalue weighted by Gasteiger charge is 2.14. The van der Waals surface area contributed by atoms with Crippen molar-refractivity contribution in [2.75, 3.05) is 10.6 Å². The molecule has 2 aromatic carbocycles. The van der Waals surface area contributed by atoms with Crippen molar-refractivity contribution in [1.82, 2.24) is 5.16 Å². The Morgan fingerprint density at radius 3 is 2.15 bits per heavy atom. The van der Waals surface area contributed by atoms with Gasteiger partial charge >= 0.3 is 0 Å². The van der Waals surface area contributed by atoms with Crippen LogP contribution in [0.1, 0.15) is 28.5 Å². The van der Waals surface area contributed by atoms with Gasteiger partial charge in [0.25, 0.3) is 5.91 Å². The predicted octanol–water partition coefficient (Wildman–Crippen LogP) is 4.17. The number of carbonyl (C=O) groups excluding carboxylic acids is 2. The van der Waals surface area contributed by atoms with Crippen LogP contribution >= 0.6 is 0 Å². The van der Waals surface area contributed by atoms with Gasteiger partial charge < -0.3 is 15.2 Å². The van der Waals surface area contributed by atoms with Gasteiger partial charge in [-0.15, -0.1) is 0 Å². The van der Waals surface area contributed by atoms with Crippen LogP contribution in [0.4, 0.5) is 11.4 Å². The quantitative estimate of drug-likeness (QED) is 0.740. The van der Waals surface area contributed by atoms with Crippen molar-refractivity contribution in [3.05, 3.63) is 65.4 Å². The lowest BCUT2D eigenvalue weighted by Gasteiger charge is -2.05. The Morgan fingerprint density at radius 2 is 1.54 bits per heavy atom. The maximum Gasteiger partial charge on any atom is 0.277 e. The molecule has 1 aromatic heterocycles. The first-order valence-corrected chi connectivity index (χ1v) is 8.16. The molecule has 2 amide bonds. The van der Waals surface area contributed by atoms with E-state index in [2.05, 4.69) is 15.8 Å². The number of aryl methyl sites for hydroxylation is 2. The molecule has 0 saturated carbocycles. The Morgan fingerprint density at radius 1 is 0.885 bits per heavy atom. The molecule has 0 bridgehead atoms. The zero-order valence-corrected chi connectivity index (χ0v) is 14.8. The Balaban J connectivity index is 1.71. The van der Waals surface area contributed by atoms with Crippen LogP contribution < -0.4 is 10.6 Å². The van der Waals surface area contributed by atoms with Gasteiger partial charge in [-0.05, 0) is 55.3 Å². The monoisotopic (exact) mass is 349 g/mol. The van der Waals surface area contributed by atoms with Crippen molar-refractivity contribution in [2.24, 2.45) is 0 Å². The van der Waals surface area contributed by atoms with Gasteiger partial charge in [0.15, 0.2) is 11.5 Å². The van der Waals surface area contributed by atoms with Crippen LogP contribution in [0.15, 0.2) is 53.1 Å². The number of anilines is 2. The minimum absolute atomic E-state index is 0.150. The van der Waals surface area contributed by atoms with E-state index >= 15 is 0 Å². The number of rotatable bonds is 4. The average Bonchev–Trinajstić information content (AvgIpc) is 3.09. The highest BCUT2D eigenvalue weighted by atomic mass is 16.5. The maximum atomic E-state index is 12.3. The Hall–Kier alpha value is -3.41. The number of nitrogens with zero attached hydrogens (tertiary/aromatic N) is 1. The minimum Gasteiger partial charge on any atom is -0.355 e. The van der Waals surface area contributed by atoms with Crippen molar-refractivity contribution in [3.8, 4) is 11.3 Å².